The van der Waals surface area contributed by atoms with Crippen LogP contribution >= 0.6 is 0 Å². The number of carbonyl (C=O) groups excluding carboxylic acids is 3. The average molecular weight is 613 g/mol. The summed E-state index contributed by atoms with van der Waals surface area (Å²) in [6.45, 7) is 7.59. The number of allylic oxidation sites excluding steroid dienone is 2. The summed E-state index contributed by atoms with van der Waals surface area (Å²) in [6, 6.07) is 26.0. The van der Waals surface area contributed by atoms with Gasteiger partial charge in [0, 0.05) is 12.8 Å². The van der Waals surface area contributed by atoms with Crippen LogP contribution in [0.2, 0.25) is 0 Å². The first-order valence-electron chi connectivity index (χ1n) is 15.3. The van der Waals surface area contributed by atoms with E-state index in [2.05, 4.69) is 23.8 Å². The van der Waals surface area contributed by atoms with Gasteiger partial charge in [-0.05, 0) is 54.5 Å². The molecule has 3 aromatic rings. The van der Waals surface area contributed by atoms with E-state index in [1.807, 2.05) is 84.9 Å². The molecule has 3 rings (SSSR count). The van der Waals surface area contributed by atoms with Crippen LogP contribution in [0, 0.1) is 5.92 Å². The molecule has 8 nitrogen and oxygen atoms in total. The molecule has 0 saturated heterocycles. The number of ether oxygens (including phenoxy) is 2. The van der Waals surface area contributed by atoms with E-state index in [1.165, 1.54) is 0 Å². The molecule has 3 unspecified atom stereocenters. The summed E-state index contributed by atoms with van der Waals surface area (Å²) in [7, 11) is 0. The van der Waals surface area contributed by atoms with Gasteiger partial charge in [0.25, 0.3) is 0 Å². The van der Waals surface area contributed by atoms with Gasteiger partial charge in [-0.3, -0.25) is 14.4 Å². The van der Waals surface area contributed by atoms with Gasteiger partial charge in [-0.1, -0.05) is 84.9 Å². The molecular weight excluding hydrogens is 568 g/mol. The lowest BCUT2D eigenvalue weighted by atomic mass is 9.98. The van der Waals surface area contributed by atoms with E-state index in [4.69, 9.17) is 9.47 Å². The van der Waals surface area contributed by atoms with Crippen molar-refractivity contribution in [2.75, 3.05) is 13.2 Å². The molecule has 0 heterocycles. The second kappa shape index (κ2) is 19.6. The first-order chi connectivity index (χ1) is 21.9. The number of esters is 1. The molecule has 3 aromatic carbocycles. The van der Waals surface area contributed by atoms with Crippen molar-refractivity contribution in [3.05, 3.63) is 127 Å². The molecule has 45 heavy (non-hydrogen) atoms. The number of rotatable bonds is 20. The maximum atomic E-state index is 13.4. The molecule has 238 valence electrons. The molecule has 0 aliphatic rings. The first kappa shape index (κ1) is 34.8. The Morgan fingerprint density at radius 1 is 0.778 bits per heavy atom. The summed E-state index contributed by atoms with van der Waals surface area (Å²) in [5.74, 6) is -1.04. The van der Waals surface area contributed by atoms with Gasteiger partial charge in [0.1, 0.15) is 19.0 Å². The molecule has 0 aliphatic heterocycles. The van der Waals surface area contributed by atoms with Gasteiger partial charge in [-0.25, -0.2) is 0 Å². The van der Waals surface area contributed by atoms with Crippen molar-refractivity contribution < 1.29 is 29.0 Å². The third-order valence-corrected chi connectivity index (χ3v) is 7.16. The highest BCUT2D eigenvalue weighted by Gasteiger charge is 2.25. The summed E-state index contributed by atoms with van der Waals surface area (Å²) < 4.78 is 11.4. The Balaban J connectivity index is 1.62. The van der Waals surface area contributed by atoms with Gasteiger partial charge in [0.2, 0.25) is 11.8 Å². The van der Waals surface area contributed by atoms with E-state index in [0.29, 0.717) is 31.6 Å². The third kappa shape index (κ3) is 13.2. The van der Waals surface area contributed by atoms with Crippen molar-refractivity contribution in [1.29, 1.82) is 0 Å². The number of amides is 2. The maximum absolute atomic E-state index is 13.4. The number of hydrogen-bond donors (Lipinski definition) is 3. The van der Waals surface area contributed by atoms with Crippen LogP contribution in [0.3, 0.4) is 0 Å². The minimum Gasteiger partial charge on any atom is -0.489 e. The molecule has 8 heteroatoms. The molecule has 2 amide bonds. The zero-order valence-electron chi connectivity index (χ0n) is 25.7. The zero-order chi connectivity index (χ0) is 32.3. The number of benzene rings is 3. The topological polar surface area (TPSA) is 114 Å². The van der Waals surface area contributed by atoms with Crippen molar-refractivity contribution in [1.82, 2.24) is 10.6 Å². The Labute approximate surface area is 266 Å². The Kier molecular flexibility index (Phi) is 15.1. The number of nitrogens with one attached hydrogen (secondary N) is 2. The quantitative estimate of drug-likeness (QED) is 0.121. The Bertz CT molecular complexity index is 1340. The van der Waals surface area contributed by atoms with Gasteiger partial charge in [0.05, 0.1) is 24.6 Å². The fourth-order valence-electron chi connectivity index (χ4n) is 4.76. The number of carbonyl (C=O) groups is 3. The van der Waals surface area contributed by atoms with Gasteiger partial charge < -0.3 is 25.2 Å². The van der Waals surface area contributed by atoms with Gasteiger partial charge >= 0.3 is 5.97 Å². The third-order valence-electron chi connectivity index (χ3n) is 7.16. The summed E-state index contributed by atoms with van der Waals surface area (Å²) in [5, 5.41) is 15.7. The van der Waals surface area contributed by atoms with Crippen molar-refractivity contribution in [2.24, 2.45) is 5.92 Å². The molecule has 0 spiro atoms. The van der Waals surface area contributed by atoms with Crippen LogP contribution in [0.25, 0.3) is 0 Å². The van der Waals surface area contributed by atoms with Crippen LogP contribution < -0.4 is 15.4 Å². The predicted octanol–water partition coefficient (Wildman–Crippen LogP) is 5.10. The molecule has 3 atom stereocenters. The second-order valence-corrected chi connectivity index (χ2v) is 10.9. The first-order valence-corrected chi connectivity index (χ1v) is 15.3. The molecule has 0 aromatic heterocycles. The van der Waals surface area contributed by atoms with Crippen LogP contribution in [-0.4, -0.2) is 48.2 Å². The second-order valence-electron chi connectivity index (χ2n) is 10.9. The summed E-state index contributed by atoms with van der Waals surface area (Å²) in [6.07, 6.45) is 5.01. The SMILES string of the molecule is C=CCCC(=O)OCC(Cc1ccc(OCc2ccccc2)cc1)NC(=O)C(CC=C)CC(=O)NC(CO)Cc1ccccc1. The van der Waals surface area contributed by atoms with Crippen molar-refractivity contribution in [3.8, 4) is 5.75 Å². The number of hydrogen-bond acceptors (Lipinski definition) is 6. The highest BCUT2D eigenvalue weighted by molar-refractivity contribution is 5.86. The normalized spacial score (nSPS) is 12.6. The summed E-state index contributed by atoms with van der Waals surface area (Å²) in [5.41, 5.74) is 2.96. The highest BCUT2D eigenvalue weighted by atomic mass is 16.5. The molecule has 0 aliphatic carbocycles. The number of aliphatic hydroxyl groups is 1. The van der Waals surface area contributed by atoms with E-state index in [1.54, 1.807) is 12.2 Å². The van der Waals surface area contributed by atoms with E-state index >= 15 is 0 Å². The van der Waals surface area contributed by atoms with Gasteiger partial charge in [-0.15, -0.1) is 13.2 Å². The predicted molar refractivity (Wildman–Crippen MR) is 175 cm³/mol. The number of aliphatic hydroxyl groups excluding tert-OH is 1. The van der Waals surface area contributed by atoms with E-state index in [9.17, 15) is 19.5 Å². The largest absolute Gasteiger partial charge is 0.489 e. The molecule has 0 bridgehead atoms. The van der Waals surface area contributed by atoms with Crippen molar-refractivity contribution in [2.45, 2.75) is 57.2 Å². The summed E-state index contributed by atoms with van der Waals surface area (Å²) in [4.78, 5) is 38.6. The fourth-order valence-corrected chi connectivity index (χ4v) is 4.76. The zero-order valence-corrected chi connectivity index (χ0v) is 25.7. The van der Waals surface area contributed by atoms with E-state index in [0.717, 1.165) is 16.7 Å². The molecule has 3 N–H and O–H groups in total. The Morgan fingerprint density at radius 3 is 2.02 bits per heavy atom. The average Bonchev–Trinajstić information content (AvgIpc) is 3.06. The molecule has 0 fully saturated rings. The van der Waals surface area contributed by atoms with E-state index in [-0.39, 0.29) is 50.3 Å². The van der Waals surface area contributed by atoms with Crippen LogP contribution in [0.1, 0.15) is 42.4 Å². The Morgan fingerprint density at radius 2 is 1.40 bits per heavy atom. The molecular formula is C37H44N2O6. The van der Waals surface area contributed by atoms with Crippen LogP contribution in [0.15, 0.2) is 110 Å². The molecule has 0 saturated carbocycles. The lowest BCUT2D eigenvalue weighted by Crippen LogP contribution is -2.45. The van der Waals surface area contributed by atoms with Crippen LogP contribution in [-0.2, 0) is 38.6 Å². The maximum Gasteiger partial charge on any atom is 0.306 e. The van der Waals surface area contributed by atoms with Crippen LogP contribution in [0.4, 0.5) is 0 Å². The van der Waals surface area contributed by atoms with Crippen LogP contribution in [0.5, 0.6) is 5.75 Å². The summed E-state index contributed by atoms with van der Waals surface area (Å²) >= 11 is 0. The van der Waals surface area contributed by atoms with Crippen molar-refractivity contribution >= 4 is 17.8 Å². The fraction of sp³-hybridized carbons (Fsp3) is 0.324. The minimum absolute atomic E-state index is 0.0232. The van der Waals surface area contributed by atoms with Gasteiger partial charge in [-0.2, -0.15) is 0 Å². The van der Waals surface area contributed by atoms with E-state index < -0.39 is 18.0 Å². The standard InChI is InChI=1S/C37H44N2O6/c1-3-5-17-36(42)45-27-33(23-29-18-20-34(21-19-29)44-26-30-15-10-7-11-16-30)39-37(43)31(12-4-2)24-35(41)38-32(25-40)22-28-13-8-6-9-14-28/h3-4,6-11,13-16,18-21,31-33,40H,1-2,5,12,17,22-27H2,(H,38,41)(H,39,43). The molecule has 0 radical (unpaired) electrons. The van der Waals surface area contributed by atoms with Gasteiger partial charge in [0.15, 0.2) is 0 Å². The van der Waals surface area contributed by atoms with Crippen molar-refractivity contribution in [3.63, 3.8) is 0 Å². The smallest absolute Gasteiger partial charge is 0.306 e. The lowest BCUT2D eigenvalue weighted by molar-refractivity contribution is -0.145. The Hall–Kier alpha value is -4.69. The highest BCUT2D eigenvalue weighted by Crippen LogP contribution is 2.17. The lowest BCUT2D eigenvalue weighted by Gasteiger charge is -2.23. The monoisotopic (exact) mass is 612 g/mol. The minimum atomic E-state index is -0.689.